The number of hydrogen-bond acceptors (Lipinski definition) is 6. The van der Waals surface area contributed by atoms with Gasteiger partial charge in [-0.1, -0.05) is 68.0 Å². The number of nitrogens with two attached hydrogens (primary N) is 1. The van der Waals surface area contributed by atoms with E-state index in [0.717, 1.165) is 49.4 Å². The van der Waals surface area contributed by atoms with Crippen LogP contribution in [0.4, 0.5) is 11.6 Å². The van der Waals surface area contributed by atoms with Crippen LogP contribution in [-0.4, -0.2) is 41.1 Å². The molecule has 1 fully saturated rings. The second-order valence-electron chi connectivity index (χ2n) is 10.1. The monoisotopic (exact) mass is 483 g/mol. The quantitative estimate of drug-likeness (QED) is 0.315. The summed E-state index contributed by atoms with van der Waals surface area (Å²) in [5.74, 6) is 1.35. The summed E-state index contributed by atoms with van der Waals surface area (Å²) >= 11 is 0. The van der Waals surface area contributed by atoms with Crippen molar-refractivity contribution in [1.29, 1.82) is 0 Å². The average Bonchev–Trinajstić information content (AvgIpc) is 3.39. The molecular weight excluding hydrogens is 446 g/mol. The molecule has 1 aromatic heterocycles. The minimum Gasteiger partial charge on any atom is -0.463 e. The van der Waals surface area contributed by atoms with Gasteiger partial charge in [0.25, 0.3) is 0 Å². The second kappa shape index (κ2) is 11.1. The van der Waals surface area contributed by atoms with E-state index >= 15 is 0 Å². The topological polar surface area (TPSA) is 67.5 Å². The van der Waals surface area contributed by atoms with Gasteiger partial charge < -0.3 is 15.4 Å². The molecule has 0 saturated carbocycles. The molecule has 6 nitrogen and oxygen atoms in total. The van der Waals surface area contributed by atoms with Crippen LogP contribution in [0, 0.1) is 0 Å². The van der Waals surface area contributed by atoms with E-state index in [1.165, 1.54) is 48.2 Å². The fourth-order valence-corrected chi connectivity index (χ4v) is 5.12. The molecule has 0 unspecified atom stereocenters. The van der Waals surface area contributed by atoms with Gasteiger partial charge in [-0.25, -0.2) is 0 Å². The van der Waals surface area contributed by atoms with Crippen molar-refractivity contribution in [3.63, 3.8) is 0 Å². The van der Waals surface area contributed by atoms with E-state index in [2.05, 4.69) is 76.8 Å². The Morgan fingerprint density at radius 3 is 2.56 bits per heavy atom. The maximum atomic E-state index is 6.31. The highest BCUT2D eigenvalue weighted by atomic mass is 16.5. The minimum absolute atomic E-state index is 0.362. The summed E-state index contributed by atoms with van der Waals surface area (Å²) in [6.45, 7) is 11.9. The Kier molecular flexibility index (Phi) is 7.52. The van der Waals surface area contributed by atoms with Crippen LogP contribution >= 0.6 is 0 Å². The van der Waals surface area contributed by atoms with Gasteiger partial charge in [0, 0.05) is 31.6 Å². The molecule has 2 aromatic carbocycles. The summed E-state index contributed by atoms with van der Waals surface area (Å²) in [7, 11) is 0. The second-order valence-corrected chi connectivity index (χ2v) is 10.1. The molecule has 5 rings (SSSR count). The molecule has 0 radical (unpaired) electrons. The maximum Gasteiger partial charge on any atom is 0.320 e. The van der Waals surface area contributed by atoms with Crippen molar-refractivity contribution in [1.82, 2.24) is 14.9 Å². The summed E-state index contributed by atoms with van der Waals surface area (Å²) < 4.78 is 5.78. The van der Waals surface area contributed by atoms with E-state index in [9.17, 15) is 0 Å². The molecule has 6 heteroatoms. The summed E-state index contributed by atoms with van der Waals surface area (Å²) in [6, 6.07) is 18.2. The van der Waals surface area contributed by atoms with Gasteiger partial charge in [-0.05, 0) is 60.7 Å². The van der Waals surface area contributed by atoms with Gasteiger partial charge in [0.15, 0.2) is 0 Å². The third-order valence-corrected chi connectivity index (χ3v) is 7.06. The fraction of sp³-hybridized carbons (Fsp3) is 0.400. The lowest BCUT2D eigenvalue weighted by Gasteiger charge is -2.32. The van der Waals surface area contributed by atoms with Gasteiger partial charge in [-0.2, -0.15) is 9.97 Å². The zero-order chi connectivity index (χ0) is 24.9. The molecule has 0 bridgehead atoms. The van der Waals surface area contributed by atoms with Gasteiger partial charge in [0.05, 0.1) is 6.61 Å². The predicted octanol–water partition coefficient (Wildman–Crippen LogP) is 5.62. The number of hydrogen-bond donors (Lipinski definition) is 1. The van der Waals surface area contributed by atoms with Gasteiger partial charge in [-0.3, -0.25) is 4.90 Å². The van der Waals surface area contributed by atoms with E-state index in [1.807, 2.05) is 0 Å². The van der Waals surface area contributed by atoms with Crippen molar-refractivity contribution in [3.8, 4) is 17.1 Å². The van der Waals surface area contributed by atoms with E-state index in [1.54, 1.807) is 0 Å². The highest BCUT2D eigenvalue weighted by Gasteiger charge is 2.25. The minimum atomic E-state index is 0.362. The lowest BCUT2D eigenvalue weighted by Crippen LogP contribution is -2.32. The molecule has 0 spiro atoms. The number of benzene rings is 2. The van der Waals surface area contributed by atoms with E-state index in [4.69, 9.17) is 15.5 Å². The Hall–Kier alpha value is -3.38. The third-order valence-electron chi connectivity index (χ3n) is 7.06. The molecule has 2 aliphatic rings. The van der Waals surface area contributed by atoms with Crippen LogP contribution < -0.4 is 15.4 Å². The maximum absolute atomic E-state index is 6.31. The molecule has 36 heavy (non-hydrogen) atoms. The predicted molar refractivity (Wildman–Crippen MR) is 147 cm³/mol. The standard InChI is InChI=1S/C30H37N5O/c1-3-4-16-36-30-32-28(31)27-17-22(2)19-35(29(27)33-30)21-23-10-12-25(13-11-23)26-9-7-8-24(18-26)20-34-14-5-6-15-34/h7-13,18H,2-6,14-17,19-21H2,1H3,(H2,31,32,33). The zero-order valence-corrected chi connectivity index (χ0v) is 21.4. The Bertz CT molecular complexity index is 1200. The van der Waals surface area contributed by atoms with Crippen LogP contribution in [0.1, 0.15) is 49.3 Å². The number of anilines is 2. The molecule has 1 saturated heterocycles. The summed E-state index contributed by atoms with van der Waals surface area (Å²) in [5.41, 5.74) is 13.5. The number of aromatic nitrogens is 2. The van der Waals surface area contributed by atoms with Crippen molar-refractivity contribution in [2.24, 2.45) is 0 Å². The molecule has 3 aromatic rings. The average molecular weight is 484 g/mol. The summed E-state index contributed by atoms with van der Waals surface area (Å²) in [4.78, 5) is 13.9. The van der Waals surface area contributed by atoms with E-state index in [0.29, 0.717) is 24.9 Å². The van der Waals surface area contributed by atoms with E-state index < -0.39 is 0 Å². The van der Waals surface area contributed by atoms with Crippen molar-refractivity contribution in [3.05, 3.63) is 77.4 Å². The zero-order valence-electron chi connectivity index (χ0n) is 21.4. The molecule has 2 aliphatic heterocycles. The largest absolute Gasteiger partial charge is 0.463 e. The number of nitrogens with zero attached hydrogens (tertiary/aromatic N) is 4. The van der Waals surface area contributed by atoms with Crippen molar-refractivity contribution >= 4 is 11.6 Å². The number of likely N-dealkylation sites (tertiary alicyclic amines) is 1. The number of ether oxygens (including phenoxy) is 1. The SMILES string of the molecule is C=C1Cc2c(N)nc(OCCCC)nc2N(Cc2ccc(-c3cccc(CN4CCCC4)c3)cc2)C1. The van der Waals surface area contributed by atoms with Crippen LogP contribution in [0.5, 0.6) is 6.01 Å². The van der Waals surface area contributed by atoms with Crippen LogP contribution in [-0.2, 0) is 19.5 Å². The smallest absolute Gasteiger partial charge is 0.320 e. The molecule has 3 heterocycles. The van der Waals surface area contributed by atoms with Crippen molar-refractivity contribution in [2.45, 2.75) is 52.1 Å². The molecule has 0 amide bonds. The number of rotatable bonds is 9. The highest BCUT2D eigenvalue weighted by Crippen LogP contribution is 2.33. The van der Waals surface area contributed by atoms with Crippen LogP contribution in [0.15, 0.2) is 60.7 Å². The summed E-state index contributed by atoms with van der Waals surface area (Å²) in [5, 5.41) is 0. The van der Waals surface area contributed by atoms with Gasteiger partial charge in [0.1, 0.15) is 11.6 Å². The molecule has 0 aliphatic carbocycles. The lowest BCUT2D eigenvalue weighted by atomic mass is 9.99. The van der Waals surface area contributed by atoms with Gasteiger partial charge >= 0.3 is 6.01 Å². The first-order valence-corrected chi connectivity index (χ1v) is 13.2. The Labute approximate surface area is 214 Å². The first kappa shape index (κ1) is 24.3. The Balaban J connectivity index is 1.32. The van der Waals surface area contributed by atoms with Crippen LogP contribution in [0.25, 0.3) is 11.1 Å². The summed E-state index contributed by atoms with van der Waals surface area (Å²) in [6.07, 6.45) is 5.38. The molecular formula is C30H37N5O. The number of unbranched alkanes of at least 4 members (excludes halogenated alkanes) is 1. The first-order valence-electron chi connectivity index (χ1n) is 13.2. The van der Waals surface area contributed by atoms with Gasteiger partial charge in [0.2, 0.25) is 0 Å². The van der Waals surface area contributed by atoms with E-state index in [-0.39, 0.29) is 0 Å². The third kappa shape index (κ3) is 5.71. The highest BCUT2D eigenvalue weighted by molar-refractivity contribution is 5.65. The van der Waals surface area contributed by atoms with Gasteiger partial charge in [-0.15, -0.1) is 0 Å². The molecule has 2 N–H and O–H groups in total. The Morgan fingerprint density at radius 1 is 0.972 bits per heavy atom. The molecule has 0 atom stereocenters. The number of fused-ring (bicyclic) bond motifs is 1. The number of nitrogen functional groups attached to an aromatic ring is 1. The molecule has 188 valence electrons. The Morgan fingerprint density at radius 2 is 1.78 bits per heavy atom. The lowest BCUT2D eigenvalue weighted by molar-refractivity contribution is 0.285. The van der Waals surface area contributed by atoms with Crippen LogP contribution in [0.3, 0.4) is 0 Å². The van der Waals surface area contributed by atoms with Crippen molar-refractivity contribution in [2.75, 3.05) is 36.9 Å². The first-order chi connectivity index (χ1) is 17.6. The fourth-order valence-electron chi connectivity index (χ4n) is 5.12. The normalized spacial score (nSPS) is 15.8. The van der Waals surface area contributed by atoms with Crippen LogP contribution in [0.2, 0.25) is 0 Å². The van der Waals surface area contributed by atoms with Crippen molar-refractivity contribution < 1.29 is 4.74 Å².